The summed E-state index contributed by atoms with van der Waals surface area (Å²) < 4.78 is 4.92. The second-order valence-corrected chi connectivity index (χ2v) is 3.96. The van der Waals surface area contributed by atoms with Crippen LogP contribution in [0, 0.1) is 0 Å². The topological polar surface area (TPSA) is 108 Å². The lowest BCUT2D eigenvalue weighted by molar-refractivity contribution is -0.124. The van der Waals surface area contributed by atoms with E-state index in [0.29, 0.717) is 0 Å². The molecule has 1 aromatic rings. The Labute approximate surface area is 116 Å². The first-order chi connectivity index (χ1) is 9.67. The van der Waals surface area contributed by atoms with E-state index in [4.69, 9.17) is 14.9 Å². The minimum atomic E-state index is -1.11. The number of carbonyl (C=O) groups excluding carboxylic acids is 2. The summed E-state index contributed by atoms with van der Waals surface area (Å²) in [6.07, 6.45) is -0.799. The molecule has 7 nitrogen and oxygen atoms in total. The number of rotatable bonds is 7. The smallest absolute Gasteiger partial charge is 0.408 e. The molecular weight excluding hydrogens is 264 g/mol. The van der Waals surface area contributed by atoms with Crippen molar-refractivity contribution in [3.05, 3.63) is 35.9 Å². The summed E-state index contributed by atoms with van der Waals surface area (Å²) in [6.45, 7) is -0.654. The molecule has 2 amide bonds. The second kappa shape index (κ2) is 8.89. The lowest BCUT2D eigenvalue weighted by Crippen LogP contribution is -2.49. The van der Waals surface area contributed by atoms with Gasteiger partial charge in [-0.2, -0.15) is 0 Å². The molecule has 1 atom stereocenters. The van der Waals surface area contributed by atoms with E-state index in [1.54, 1.807) is 12.1 Å². The molecule has 0 saturated carbocycles. The predicted octanol–water partition coefficient (Wildman–Crippen LogP) is -0.618. The summed E-state index contributed by atoms with van der Waals surface area (Å²) in [7, 11) is 0. The van der Waals surface area contributed by atoms with Crippen molar-refractivity contribution in [2.75, 3.05) is 19.8 Å². The van der Waals surface area contributed by atoms with Crippen molar-refractivity contribution in [2.24, 2.45) is 0 Å². The number of carbonyl (C=O) groups is 2. The Balaban J connectivity index is 2.37. The SMILES string of the molecule is O=C(N[C@@H](CO)C(=O)NCCO)OCc1ccccc1. The standard InChI is InChI=1S/C13H18N2O5/c16-7-6-14-12(18)11(8-17)15-13(19)20-9-10-4-2-1-3-5-10/h1-5,11,16-17H,6-9H2,(H,14,18)(H,15,19)/t11-/m0/s1. The molecule has 1 aromatic carbocycles. The van der Waals surface area contributed by atoms with Crippen LogP contribution in [0.1, 0.15) is 5.56 Å². The quantitative estimate of drug-likeness (QED) is 0.533. The van der Waals surface area contributed by atoms with Gasteiger partial charge in [-0.3, -0.25) is 4.79 Å². The van der Waals surface area contributed by atoms with E-state index in [1.165, 1.54) is 0 Å². The van der Waals surface area contributed by atoms with Gasteiger partial charge < -0.3 is 25.6 Å². The monoisotopic (exact) mass is 282 g/mol. The molecular formula is C13H18N2O5. The van der Waals surface area contributed by atoms with E-state index < -0.39 is 24.6 Å². The Hall–Kier alpha value is -2.12. The Morgan fingerprint density at radius 2 is 1.90 bits per heavy atom. The zero-order valence-corrected chi connectivity index (χ0v) is 10.9. The lowest BCUT2D eigenvalue weighted by Gasteiger charge is -2.15. The van der Waals surface area contributed by atoms with Crippen molar-refractivity contribution in [2.45, 2.75) is 12.6 Å². The summed E-state index contributed by atoms with van der Waals surface area (Å²) in [5.74, 6) is -0.585. The highest BCUT2D eigenvalue weighted by Gasteiger charge is 2.19. The third-order valence-electron chi connectivity index (χ3n) is 2.41. The maximum absolute atomic E-state index is 11.5. The van der Waals surface area contributed by atoms with E-state index >= 15 is 0 Å². The highest BCUT2D eigenvalue weighted by molar-refractivity contribution is 5.85. The van der Waals surface area contributed by atoms with Crippen molar-refractivity contribution >= 4 is 12.0 Å². The van der Waals surface area contributed by atoms with Crippen LogP contribution in [0.4, 0.5) is 4.79 Å². The molecule has 0 aromatic heterocycles. The first-order valence-corrected chi connectivity index (χ1v) is 6.14. The van der Waals surface area contributed by atoms with Crippen molar-refractivity contribution in [1.82, 2.24) is 10.6 Å². The van der Waals surface area contributed by atoms with Gasteiger partial charge in [-0.15, -0.1) is 0 Å². The maximum Gasteiger partial charge on any atom is 0.408 e. The molecule has 0 aliphatic rings. The van der Waals surface area contributed by atoms with Crippen LogP contribution in [0.15, 0.2) is 30.3 Å². The van der Waals surface area contributed by atoms with Crippen molar-refractivity contribution in [1.29, 1.82) is 0 Å². The van der Waals surface area contributed by atoms with Gasteiger partial charge in [0.05, 0.1) is 13.2 Å². The number of aliphatic hydroxyl groups excluding tert-OH is 2. The third-order valence-corrected chi connectivity index (χ3v) is 2.41. The van der Waals surface area contributed by atoms with Gasteiger partial charge in [0.2, 0.25) is 5.91 Å². The first kappa shape index (κ1) is 15.9. The molecule has 0 fully saturated rings. The van der Waals surface area contributed by atoms with Gasteiger partial charge in [-0.05, 0) is 5.56 Å². The number of aliphatic hydroxyl groups is 2. The predicted molar refractivity (Wildman–Crippen MR) is 70.7 cm³/mol. The van der Waals surface area contributed by atoms with E-state index in [9.17, 15) is 9.59 Å². The highest BCUT2D eigenvalue weighted by Crippen LogP contribution is 2.00. The van der Waals surface area contributed by atoms with Crippen LogP contribution < -0.4 is 10.6 Å². The summed E-state index contributed by atoms with van der Waals surface area (Å²) in [4.78, 5) is 23.0. The van der Waals surface area contributed by atoms with Crippen molar-refractivity contribution < 1.29 is 24.5 Å². The molecule has 0 saturated heterocycles. The number of amides is 2. The van der Waals surface area contributed by atoms with Gasteiger partial charge in [-0.1, -0.05) is 30.3 Å². The first-order valence-electron chi connectivity index (χ1n) is 6.14. The minimum Gasteiger partial charge on any atom is -0.445 e. The van der Waals surface area contributed by atoms with Crippen LogP contribution in [0.3, 0.4) is 0 Å². The number of hydrogen-bond acceptors (Lipinski definition) is 5. The van der Waals surface area contributed by atoms with E-state index in [-0.39, 0.29) is 19.8 Å². The van der Waals surface area contributed by atoms with Crippen molar-refractivity contribution in [3.8, 4) is 0 Å². The van der Waals surface area contributed by atoms with Gasteiger partial charge in [0, 0.05) is 6.54 Å². The van der Waals surface area contributed by atoms with Gasteiger partial charge in [0.25, 0.3) is 0 Å². The van der Waals surface area contributed by atoms with Crippen LogP contribution in [0.2, 0.25) is 0 Å². The fraction of sp³-hybridized carbons (Fsp3) is 0.385. The zero-order chi connectivity index (χ0) is 14.8. The van der Waals surface area contributed by atoms with E-state index in [1.807, 2.05) is 18.2 Å². The van der Waals surface area contributed by atoms with Gasteiger partial charge in [0.15, 0.2) is 0 Å². The lowest BCUT2D eigenvalue weighted by atomic mass is 10.2. The second-order valence-electron chi connectivity index (χ2n) is 3.96. The van der Waals surface area contributed by atoms with Crippen LogP contribution in [0.5, 0.6) is 0 Å². The van der Waals surface area contributed by atoms with Gasteiger partial charge >= 0.3 is 6.09 Å². The molecule has 0 bridgehead atoms. The fourth-order valence-corrected chi connectivity index (χ4v) is 1.40. The maximum atomic E-state index is 11.5. The van der Waals surface area contributed by atoms with Crippen molar-refractivity contribution in [3.63, 3.8) is 0 Å². The normalized spacial score (nSPS) is 11.5. The van der Waals surface area contributed by atoms with Crippen LogP contribution >= 0.6 is 0 Å². The van der Waals surface area contributed by atoms with Crippen LogP contribution in [-0.2, 0) is 16.1 Å². The molecule has 7 heteroatoms. The molecule has 110 valence electrons. The largest absolute Gasteiger partial charge is 0.445 e. The van der Waals surface area contributed by atoms with E-state index in [2.05, 4.69) is 10.6 Å². The Morgan fingerprint density at radius 1 is 1.20 bits per heavy atom. The zero-order valence-electron chi connectivity index (χ0n) is 10.9. The van der Waals surface area contributed by atoms with E-state index in [0.717, 1.165) is 5.56 Å². The molecule has 0 aliphatic heterocycles. The Kier molecular flexibility index (Phi) is 7.08. The molecule has 20 heavy (non-hydrogen) atoms. The Morgan fingerprint density at radius 3 is 2.50 bits per heavy atom. The molecule has 0 aliphatic carbocycles. The molecule has 0 heterocycles. The Bertz CT molecular complexity index is 424. The number of ether oxygens (including phenoxy) is 1. The average molecular weight is 282 g/mol. The third kappa shape index (κ3) is 5.68. The minimum absolute atomic E-state index is 0.0517. The summed E-state index contributed by atoms with van der Waals surface area (Å²) in [5.41, 5.74) is 0.813. The van der Waals surface area contributed by atoms with Gasteiger partial charge in [-0.25, -0.2) is 4.79 Å². The highest BCUT2D eigenvalue weighted by atomic mass is 16.5. The molecule has 0 unspecified atom stereocenters. The average Bonchev–Trinajstić information content (AvgIpc) is 2.49. The summed E-state index contributed by atoms with van der Waals surface area (Å²) >= 11 is 0. The molecule has 4 N–H and O–H groups in total. The van der Waals surface area contributed by atoms with Crippen LogP contribution in [-0.4, -0.2) is 48.0 Å². The summed E-state index contributed by atoms with van der Waals surface area (Å²) in [5, 5.41) is 22.2. The number of hydrogen-bond donors (Lipinski definition) is 4. The number of nitrogens with one attached hydrogen (secondary N) is 2. The van der Waals surface area contributed by atoms with Crippen LogP contribution in [0.25, 0.3) is 0 Å². The molecule has 0 radical (unpaired) electrons. The molecule has 1 rings (SSSR count). The number of alkyl carbamates (subject to hydrolysis) is 1. The molecule has 0 spiro atoms. The number of benzene rings is 1. The summed E-state index contributed by atoms with van der Waals surface area (Å²) in [6, 6.07) is 7.96. The van der Waals surface area contributed by atoms with Gasteiger partial charge in [0.1, 0.15) is 12.6 Å². The fourth-order valence-electron chi connectivity index (χ4n) is 1.40.